The second-order valence-electron chi connectivity index (χ2n) is 7.01. The minimum atomic E-state index is -0.350. The summed E-state index contributed by atoms with van der Waals surface area (Å²) < 4.78 is 13.7. The number of rotatable bonds is 8. The molecular weight excluding hydrogens is 443 g/mol. The first-order valence-corrected chi connectivity index (χ1v) is 11.7. The summed E-state index contributed by atoms with van der Waals surface area (Å²) in [5.74, 6) is -0.364. The van der Waals surface area contributed by atoms with Gasteiger partial charge in [-0.05, 0) is 36.2 Å². The van der Waals surface area contributed by atoms with Crippen molar-refractivity contribution in [2.45, 2.75) is 23.1 Å². The highest BCUT2D eigenvalue weighted by atomic mass is 32.2. The third-order valence-corrected chi connectivity index (χ3v) is 6.75. The van der Waals surface area contributed by atoms with Crippen LogP contribution in [0.15, 0.2) is 83.2 Å². The van der Waals surface area contributed by atoms with Gasteiger partial charge in [-0.15, -0.1) is 10.2 Å². The average molecular weight is 465 g/mol. The highest BCUT2D eigenvalue weighted by Gasteiger charge is 2.18. The number of para-hydroxylation sites is 1. The SMILES string of the molecule is C[C@H](Sc1nnc(NCc2ccc(F)cc2)s1)C(=O)Nc1ccccc1-c1ccccc1. The number of hydrogen-bond acceptors (Lipinski definition) is 6. The number of hydrogen-bond donors (Lipinski definition) is 2. The van der Waals surface area contributed by atoms with Crippen molar-refractivity contribution in [2.75, 3.05) is 10.6 Å². The number of carbonyl (C=O) groups is 1. The number of anilines is 2. The Morgan fingerprint density at radius 1 is 1.00 bits per heavy atom. The highest BCUT2D eigenvalue weighted by Crippen LogP contribution is 2.31. The minimum absolute atomic E-state index is 0.102. The van der Waals surface area contributed by atoms with Crippen LogP contribution in [0.2, 0.25) is 0 Å². The van der Waals surface area contributed by atoms with Crippen LogP contribution in [0.3, 0.4) is 0 Å². The summed E-state index contributed by atoms with van der Waals surface area (Å²) in [7, 11) is 0. The molecule has 0 saturated heterocycles. The zero-order chi connectivity index (χ0) is 22.3. The molecule has 3 aromatic carbocycles. The lowest BCUT2D eigenvalue weighted by Crippen LogP contribution is -2.22. The van der Waals surface area contributed by atoms with Crippen LogP contribution in [-0.4, -0.2) is 21.4 Å². The molecule has 1 atom stereocenters. The van der Waals surface area contributed by atoms with E-state index in [1.54, 1.807) is 12.1 Å². The van der Waals surface area contributed by atoms with Gasteiger partial charge in [-0.25, -0.2) is 4.39 Å². The van der Waals surface area contributed by atoms with Crippen molar-refractivity contribution in [1.82, 2.24) is 10.2 Å². The molecule has 0 aliphatic carbocycles. The Balaban J connectivity index is 1.35. The Labute approximate surface area is 194 Å². The van der Waals surface area contributed by atoms with E-state index in [-0.39, 0.29) is 17.0 Å². The van der Waals surface area contributed by atoms with E-state index >= 15 is 0 Å². The van der Waals surface area contributed by atoms with Crippen molar-refractivity contribution >= 4 is 39.8 Å². The van der Waals surface area contributed by atoms with Crippen LogP contribution >= 0.6 is 23.1 Å². The molecule has 4 rings (SSSR count). The second-order valence-corrected chi connectivity index (χ2v) is 9.58. The Morgan fingerprint density at radius 3 is 2.50 bits per heavy atom. The van der Waals surface area contributed by atoms with E-state index in [1.807, 2.05) is 61.5 Å². The predicted molar refractivity (Wildman–Crippen MR) is 129 cm³/mol. The minimum Gasteiger partial charge on any atom is -0.356 e. The molecule has 5 nitrogen and oxygen atoms in total. The largest absolute Gasteiger partial charge is 0.356 e. The summed E-state index contributed by atoms with van der Waals surface area (Å²) in [5.41, 5.74) is 3.74. The van der Waals surface area contributed by atoms with E-state index < -0.39 is 0 Å². The first-order chi connectivity index (χ1) is 15.6. The third-order valence-electron chi connectivity index (χ3n) is 4.68. The summed E-state index contributed by atoms with van der Waals surface area (Å²) in [5, 5.41) is 14.8. The highest BCUT2D eigenvalue weighted by molar-refractivity contribution is 8.02. The molecule has 0 saturated carbocycles. The molecule has 0 radical (unpaired) electrons. The fraction of sp³-hybridized carbons (Fsp3) is 0.125. The lowest BCUT2D eigenvalue weighted by atomic mass is 10.0. The van der Waals surface area contributed by atoms with Gasteiger partial charge in [0.2, 0.25) is 11.0 Å². The Kier molecular flexibility index (Phi) is 7.14. The average Bonchev–Trinajstić information content (AvgIpc) is 3.27. The number of nitrogens with zero attached hydrogens (tertiary/aromatic N) is 2. The van der Waals surface area contributed by atoms with Crippen molar-refractivity contribution in [3.63, 3.8) is 0 Å². The molecule has 8 heteroatoms. The standard InChI is InChI=1S/C24H21FN4OS2/c1-16(22(30)27-21-10-6-5-9-20(21)18-7-3-2-4-8-18)31-24-29-28-23(32-24)26-15-17-11-13-19(25)14-12-17/h2-14,16H,15H2,1H3,(H,26,28)(H,27,30)/t16-/m0/s1. The zero-order valence-corrected chi connectivity index (χ0v) is 18.9. The summed E-state index contributed by atoms with van der Waals surface area (Å²) in [4.78, 5) is 12.8. The maximum absolute atomic E-state index is 13.0. The summed E-state index contributed by atoms with van der Waals surface area (Å²) in [6.45, 7) is 2.37. The number of nitrogens with one attached hydrogen (secondary N) is 2. The van der Waals surface area contributed by atoms with Gasteiger partial charge in [0.05, 0.1) is 5.25 Å². The Bertz CT molecular complexity index is 1180. The Morgan fingerprint density at radius 2 is 1.72 bits per heavy atom. The normalized spacial score (nSPS) is 11.7. The quantitative estimate of drug-likeness (QED) is 0.310. The van der Waals surface area contributed by atoms with Crippen LogP contribution in [0.5, 0.6) is 0 Å². The molecule has 4 aromatic rings. The number of benzene rings is 3. The number of carbonyl (C=O) groups excluding carboxylic acids is 1. The van der Waals surface area contributed by atoms with Crippen molar-refractivity contribution in [3.8, 4) is 11.1 Å². The van der Waals surface area contributed by atoms with Gasteiger partial charge in [-0.2, -0.15) is 0 Å². The number of thioether (sulfide) groups is 1. The monoisotopic (exact) mass is 464 g/mol. The van der Waals surface area contributed by atoms with Crippen molar-refractivity contribution in [3.05, 3.63) is 90.2 Å². The summed E-state index contributed by atoms with van der Waals surface area (Å²) >= 11 is 2.74. The predicted octanol–water partition coefficient (Wildman–Crippen LogP) is 6.08. The van der Waals surface area contributed by atoms with Gasteiger partial charge < -0.3 is 10.6 Å². The molecule has 0 fully saturated rings. The smallest absolute Gasteiger partial charge is 0.237 e. The van der Waals surface area contributed by atoms with Crippen LogP contribution in [0, 0.1) is 5.82 Å². The van der Waals surface area contributed by atoms with Gasteiger partial charge in [0.15, 0.2) is 4.34 Å². The van der Waals surface area contributed by atoms with Crippen LogP contribution < -0.4 is 10.6 Å². The second kappa shape index (κ2) is 10.4. The summed E-state index contributed by atoms with van der Waals surface area (Å²) in [6.07, 6.45) is 0. The first kappa shape index (κ1) is 22.0. The fourth-order valence-electron chi connectivity index (χ4n) is 3.01. The molecule has 162 valence electrons. The number of halogens is 1. The maximum Gasteiger partial charge on any atom is 0.237 e. The molecule has 1 amide bonds. The lowest BCUT2D eigenvalue weighted by molar-refractivity contribution is -0.115. The zero-order valence-electron chi connectivity index (χ0n) is 17.3. The fourth-order valence-corrected chi connectivity index (χ4v) is 4.90. The summed E-state index contributed by atoms with van der Waals surface area (Å²) in [6, 6.07) is 24.0. The lowest BCUT2D eigenvalue weighted by Gasteiger charge is -2.14. The van der Waals surface area contributed by atoms with Crippen molar-refractivity contribution in [2.24, 2.45) is 0 Å². The molecule has 1 aromatic heterocycles. The van der Waals surface area contributed by atoms with Crippen molar-refractivity contribution < 1.29 is 9.18 Å². The van der Waals surface area contributed by atoms with Gasteiger partial charge >= 0.3 is 0 Å². The number of aromatic nitrogens is 2. The molecule has 0 unspecified atom stereocenters. The van der Waals surface area contributed by atoms with Crippen LogP contribution in [-0.2, 0) is 11.3 Å². The molecule has 32 heavy (non-hydrogen) atoms. The van der Waals surface area contributed by atoms with Crippen LogP contribution in [0.25, 0.3) is 11.1 Å². The number of amides is 1. The van der Waals surface area contributed by atoms with Crippen LogP contribution in [0.4, 0.5) is 15.2 Å². The van der Waals surface area contributed by atoms with Gasteiger partial charge in [0, 0.05) is 17.8 Å². The first-order valence-electron chi connectivity index (χ1n) is 10.0. The maximum atomic E-state index is 13.0. The van der Waals surface area contributed by atoms with Gasteiger partial charge in [0.25, 0.3) is 0 Å². The topological polar surface area (TPSA) is 66.9 Å². The van der Waals surface area contributed by atoms with Gasteiger partial charge in [0.1, 0.15) is 5.82 Å². The van der Waals surface area contributed by atoms with E-state index in [2.05, 4.69) is 20.8 Å². The van der Waals surface area contributed by atoms with E-state index in [0.29, 0.717) is 16.0 Å². The van der Waals surface area contributed by atoms with E-state index in [9.17, 15) is 9.18 Å². The van der Waals surface area contributed by atoms with Crippen molar-refractivity contribution in [1.29, 1.82) is 0 Å². The third kappa shape index (κ3) is 5.72. The van der Waals surface area contributed by atoms with E-state index in [1.165, 1.54) is 35.2 Å². The molecule has 2 N–H and O–H groups in total. The molecule has 0 bridgehead atoms. The molecule has 1 heterocycles. The van der Waals surface area contributed by atoms with Crippen LogP contribution in [0.1, 0.15) is 12.5 Å². The van der Waals surface area contributed by atoms with E-state index in [4.69, 9.17) is 0 Å². The Hall–Kier alpha value is -3.23. The molecule has 0 aliphatic heterocycles. The molecule has 0 spiro atoms. The molecule has 0 aliphatic rings. The van der Waals surface area contributed by atoms with E-state index in [0.717, 1.165) is 22.4 Å². The van der Waals surface area contributed by atoms with Gasteiger partial charge in [-0.1, -0.05) is 83.8 Å². The van der Waals surface area contributed by atoms with Gasteiger partial charge in [-0.3, -0.25) is 4.79 Å². The molecular formula is C24H21FN4OS2.